The highest BCUT2D eigenvalue weighted by Crippen LogP contribution is 2.43. The smallest absolute Gasteiger partial charge is 0.233 e. The highest BCUT2D eigenvalue weighted by molar-refractivity contribution is 7.99. The van der Waals surface area contributed by atoms with Crippen molar-refractivity contribution in [1.29, 1.82) is 0 Å². The zero-order chi connectivity index (χ0) is 25.7. The molecule has 1 saturated heterocycles. The lowest BCUT2D eigenvalue weighted by molar-refractivity contribution is -0.127. The van der Waals surface area contributed by atoms with Crippen molar-refractivity contribution in [1.82, 2.24) is 29.5 Å². The predicted molar refractivity (Wildman–Crippen MR) is 146 cm³/mol. The fraction of sp³-hybridized carbons (Fsp3) is 0.560. The van der Waals surface area contributed by atoms with Gasteiger partial charge in [0, 0.05) is 43.5 Å². The summed E-state index contributed by atoms with van der Waals surface area (Å²) in [7, 11) is 0. The summed E-state index contributed by atoms with van der Waals surface area (Å²) in [5.74, 6) is 1.41. The van der Waals surface area contributed by atoms with Crippen molar-refractivity contribution in [3.8, 4) is 0 Å². The number of nitrogens with zero attached hydrogens (tertiary/aromatic N) is 7. The van der Waals surface area contributed by atoms with Crippen LogP contribution in [0.5, 0.6) is 0 Å². The number of carbonyl (C=O) groups excluding carboxylic acids is 1. The van der Waals surface area contributed by atoms with Crippen molar-refractivity contribution in [2.45, 2.75) is 51.5 Å². The van der Waals surface area contributed by atoms with Crippen molar-refractivity contribution in [2.24, 2.45) is 0 Å². The van der Waals surface area contributed by atoms with Crippen molar-refractivity contribution < 1.29 is 14.3 Å². The summed E-state index contributed by atoms with van der Waals surface area (Å²) in [6.07, 6.45) is 2.57. The molecule has 12 heteroatoms. The molecular weight excluding hydrogens is 510 g/mol. The number of thioether (sulfide) groups is 1. The number of amides is 1. The highest BCUT2D eigenvalue weighted by Gasteiger charge is 2.33. The molecule has 0 aromatic carbocycles. The molecule has 37 heavy (non-hydrogen) atoms. The Kier molecular flexibility index (Phi) is 6.46. The van der Waals surface area contributed by atoms with Crippen molar-refractivity contribution in [3.63, 3.8) is 0 Å². The Hall–Kier alpha value is -2.54. The number of aromatic nitrogens is 5. The summed E-state index contributed by atoms with van der Waals surface area (Å²) < 4.78 is 14.7. The van der Waals surface area contributed by atoms with Crippen LogP contribution in [-0.4, -0.2) is 86.1 Å². The number of anilines is 1. The number of hydrogen-bond acceptors (Lipinski definition) is 10. The van der Waals surface area contributed by atoms with Crippen LogP contribution in [0.4, 0.5) is 5.82 Å². The first-order valence-corrected chi connectivity index (χ1v) is 14.5. The summed E-state index contributed by atoms with van der Waals surface area (Å²) in [5, 5.41) is 10.7. The Morgan fingerprint density at radius 2 is 1.97 bits per heavy atom. The average molecular weight is 542 g/mol. The number of thiophene rings is 1. The molecule has 0 radical (unpaired) electrons. The van der Waals surface area contributed by atoms with Crippen LogP contribution in [0.3, 0.4) is 0 Å². The molecule has 1 amide bonds. The molecule has 10 nitrogen and oxygen atoms in total. The van der Waals surface area contributed by atoms with Crippen LogP contribution < -0.4 is 4.90 Å². The fourth-order valence-corrected chi connectivity index (χ4v) is 7.09. The molecule has 4 aromatic heterocycles. The summed E-state index contributed by atoms with van der Waals surface area (Å²) >= 11 is 3.01. The lowest BCUT2D eigenvalue weighted by Crippen LogP contribution is -2.39. The third-order valence-corrected chi connectivity index (χ3v) is 9.14. The molecule has 6 heterocycles. The Balaban J connectivity index is 1.46. The largest absolute Gasteiger partial charge is 0.378 e. The molecule has 1 fully saturated rings. The summed E-state index contributed by atoms with van der Waals surface area (Å²) in [6, 6.07) is 0. The first-order valence-electron chi connectivity index (χ1n) is 12.7. The molecule has 0 N–H and O–H groups in total. The van der Waals surface area contributed by atoms with E-state index in [1.165, 1.54) is 17.3 Å². The molecule has 0 atom stereocenters. The van der Waals surface area contributed by atoms with Gasteiger partial charge in [-0.1, -0.05) is 11.8 Å². The zero-order valence-corrected chi connectivity index (χ0v) is 23.2. The quantitative estimate of drug-likeness (QED) is 0.340. The minimum Gasteiger partial charge on any atom is -0.378 e. The number of morpholine rings is 1. The Morgan fingerprint density at radius 1 is 1.19 bits per heavy atom. The standard InChI is InChI=1S/C25H31N7O3S2/c1-5-30(6-2)17(33)13-36-24-29-28-22-20-19(26-14-32(22)24)18-15-11-25(3,4)35-12-16(15)21(27-23(18)37-20)31-7-9-34-10-8-31/h14H,5-13H2,1-4H3. The van der Waals surface area contributed by atoms with Crippen LogP contribution in [0.25, 0.3) is 26.1 Å². The molecule has 2 aliphatic rings. The van der Waals surface area contributed by atoms with E-state index in [1.807, 2.05) is 23.1 Å². The third-order valence-electron chi connectivity index (χ3n) is 7.14. The van der Waals surface area contributed by atoms with Gasteiger partial charge < -0.3 is 19.3 Å². The third kappa shape index (κ3) is 4.33. The molecule has 0 saturated carbocycles. The first-order chi connectivity index (χ1) is 17.9. The van der Waals surface area contributed by atoms with E-state index in [4.69, 9.17) is 19.4 Å². The maximum Gasteiger partial charge on any atom is 0.233 e. The average Bonchev–Trinajstić information content (AvgIpc) is 3.49. The van der Waals surface area contributed by atoms with Crippen LogP contribution in [0.1, 0.15) is 38.8 Å². The first kappa shape index (κ1) is 24.8. The van der Waals surface area contributed by atoms with Gasteiger partial charge in [0.05, 0.1) is 36.7 Å². The van der Waals surface area contributed by atoms with Gasteiger partial charge >= 0.3 is 0 Å². The van der Waals surface area contributed by atoms with E-state index in [0.29, 0.717) is 43.8 Å². The molecule has 0 bridgehead atoms. The molecule has 0 unspecified atom stereocenters. The van der Waals surface area contributed by atoms with E-state index in [9.17, 15) is 4.79 Å². The second-order valence-corrected chi connectivity index (χ2v) is 11.9. The predicted octanol–water partition coefficient (Wildman–Crippen LogP) is 3.54. The van der Waals surface area contributed by atoms with Crippen LogP contribution in [0, 0.1) is 0 Å². The number of fused-ring (bicyclic) bond motifs is 7. The summed E-state index contributed by atoms with van der Waals surface area (Å²) in [4.78, 5) is 27.7. The minimum atomic E-state index is -0.266. The number of hydrogen-bond donors (Lipinski definition) is 0. The van der Waals surface area contributed by atoms with Crippen LogP contribution >= 0.6 is 23.1 Å². The van der Waals surface area contributed by atoms with Gasteiger partial charge in [-0.05, 0) is 33.3 Å². The molecule has 0 aliphatic carbocycles. The minimum absolute atomic E-state index is 0.0963. The second-order valence-electron chi connectivity index (χ2n) is 9.95. The molecule has 196 valence electrons. The van der Waals surface area contributed by atoms with Crippen LogP contribution in [-0.2, 0) is 27.3 Å². The van der Waals surface area contributed by atoms with Gasteiger partial charge in [0.2, 0.25) is 5.91 Å². The molecule has 6 rings (SSSR count). The maximum absolute atomic E-state index is 12.5. The van der Waals surface area contributed by atoms with Gasteiger partial charge in [-0.15, -0.1) is 21.5 Å². The Morgan fingerprint density at radius 3 is 2.73 bits per heavy atom. The normalized spacial score (nSPS) is 17.6. The lowest BCUT2D eigenvalue weighted by atomic mass is 9.90. The molecule has 0 spiro atoms. The number of rotatable bonds is 6. The van der Waals surface area contributed by atoms with E-state index in [-0.39, 0.29) is 11.5 Å². The lowest BCUT2D eigenvalue weighted by Gasteiger charge is -2.36. The van der Waals surface area contributed by atoms with Gasteiger partial charge in [-0.25, -0.2) is 9.97 Å². The van der Waals surface area contributed by atoms with E-state index >= 15 is 0 Å². The van der Waals surface area contributed by atoms with E-state index in [1.54, 1.807) is 17.7 Å². The topological polar surface area (TPSA) is 98.0 Å². The second kappa shape index (κ2) is 9.64. The van der Waals surface area contributed by atoms with E-state index in [2.05, 4.69) is 28.9 Å². The van der Waals surface area contributed by atoms with Crippen molar-refractivity contribution >= 4 is 60.9 Å². The van der Waals surface area contributed by atoms with E-state index in [0.717, 1.165) is 57.0 Å². The van der Waals surface area contributed by atoms with Crippen LogP contribution in [0.15, 0.2) is 11.5 Å². The Bertz CT molecular complexity index is 1490. The SMILES string of the molecule is CCN(CC)C(=O)CSc1nnc2c3sc4nc(N5CCOCC5)c5c(c4c3ncn12)CC(C)(C)OC5. The summed E-state index contributed by atoms with van der Waals surface area (Å²) in [5.41, 5.74) is 3.81. The van der Waals surface area contributed by atoms with Crippen molar-refractivity contribution in [3.05, 3.63) is 17.5 Å². The number of pyridine rings is 1. The molecule has 2 aliphatic heterocycles. The molecule has 4 aromatic rings. The van der Waals surface area contributed by atoms with Gasteiger partial charge in [0.25, 0.3) is 0 Å². The zero-order valence-electron chi connectivity index (χ0n) is 21.6. The maximum atomic E-state index is 12.5. The van der Waals surface area contributed by atoms with Crippen molar-refractivity contribution in [2.75, 3.05) is 50.0 Å². The van der Waals surface area contributed by atoms with Gasteiger partial charge in [-0.3, -0.25) is 9.20 Å². The Labute approximate surface area is 223 Å². The fourth-order valence-electron chi connectivity index (χ4n) is 5.16. The van der Waals surface area contributed by atoms with Crippen LogP contribution in [0.2, 0.25) is 0 Å². The summed E-state index contributed by atoms with van der Waals surface area (Å²) in [6.45, 7) is 13.2. The van der Waals surface area contributed by atoms with Gasteiger partial charge in [0.1, 0.15) is 21.7 Å². The van der Waals surface area contributed by atoms with E-state index < -0.39 is 0 Å². The number of ether oxygens (including phenoxy) is 2. The molecular formula is C25H31N7O3S2. The van der Waals surface area contributed by atoms with Gasteiger partial charge in [0.15, 0.2) is 10.8 Å². The number of carbonyl (C=O) groups is 1. The van der Waals surface area contributed by atoms with Gasteiger partial charge in [-0.2, -0.15) is 0 Å². The highest BCUT2D eigenvalue weighted by atomic mass is 32.2. The monoisotopic (exact) mass is 541 g/mol.